The fraction of sp³-hybridized carbons (Fsp3) is 0.429. The van der Waals surface area contributed by atoms with Crippen molar-refractivity contribution in [2.45, 2.75) is 42.3 Å². The number of anilines is 1. The molecule has 1 saturated heterocycles. The van der Waals surface area contributed by atoms with Crippen LogP contribution >= 0.6 is 15.9 Å². The van der Waals surface area contributed by atoms with Crippen LogP contribution < -0.4 is 5.32 Å². The molecule has 1 aliphatic rings. The number of hydrogen-bond donors (Lipinski definition) is 5. The molecule has 3 rings (SSSR count). The molecule has 0 saturated carbocycles. The van der Waals surface area contributed by atoms with E-state index in [2.05, 4.69) is 21.2 Å². The third kappa shape index (κ3) is 6.04. The average Bonchev–Trinajstić information content (AvgIpc) is 2.71. The maximum atomic E-state index is 11.8. The molecule has 31 heavy (non-hydrogen) atoms. The Kier molecular flexibility index (Phi) is 7.74. The molecule has 8 nitrogen and oxygen atoms in total. The summed E-state index contributed by atoms with van der Waals surface area (Å²) in [6.45, 7) is 0.725. The highest BCUT2D eigenvalue weighted by Crippen LogP contribution is 2.24. The zero-order valence-corrected chi connectivity index (χ0v) is 19.4. The largest absolute Gasteiger partial charge is 0.395 e. The molecular formula is C21H27BrN2O6S. The molecule has 1 aliphatic heterocycles. The van der Waals surface area contributed by atoms with Gasteiger partial charge in [0.2, 0.25) is 0 Å². The van der Waals surface area contributed by atoms with Gasteiger partial charge < -0.3 is 25.7 Å². The summed E-state index contributed by atoms with van der Waals surface area (Å²) in [5, 5.41) is 42.7. The molecule has 0 amide bonds. The number of sulfone groups is 1. The fourth-order valence-corrected chi connectivity index (χ4v) is 4.97. The van der Waals surface area contributed by atoms with E-state index in [-0.39, 0.29) is 18.0 Å². The highest BCUT2D eigenvalue weighted by atomic mass is 79.9. The Labute approximate surface area is 190 Å². The summed E-state index contributed by atoms with van der Waals surface area (Å²) in [4.78, 5) is 1.98. The summed E-state index contributed by atoms with van der Waals surface area (Å²) in [6.07, 6.45) is -2.41. The Balaban J connectivity index is 1.64. The van der Waals surface area contributed by atoms with Crippen molar-refractivity contribution in [3.63, 3.8) is 0 Å². The summed E-state index contributed by atoms with van der Waals surface area (Å²) in [7, 11) is -3.31. The van der Waals surface area contributed by atoms with Gasteiger partial charge in [0.15, 0.2) is 9.84 Å². The fourth-order valence-electron chi connectivity index (χ4n) is 3.64. The van der Waals surface area contributed by atoms with Gasteiger partial charge in [-0.05, 0) is 29.3 Å². The van der Waals surface area contributed by atoms with Gasteiger partial charge in [-0.25, -0.2) is 8.42 Å². The maximum Gasteiger partial charge on any atom is 0.175 e. The normalized spacial score (nSPS) is 24.8. The number of benzene rings is 2. The molecular weight excluding hydrogens is 488 g/mol. The highest BCUT2D eigenvalue weighted by molar-refractivity contribution is 9.10. The lowest BCUT2D eigenvalue weighted by Crippen LogP contribution is -2.62. The van der Waals surface area contributed by atoms with Crippen LogP contribution in [0.3, 0.4) is 0 Å². The van der Waals surface area contributed by atoms with Crippen LogP contribution in [0.5, 0.6) is 0 Å². The standard InChI is InChI=1S/C21H27BrN2O6S/c1-31(29,30)17-7-15(22)6-16(8-17)23-9-13-2-4-14(5-3-13)10-24-11-19(26)21(28)20(27)18(24)12-25/h2-8,18-21,23,25-28H,9-12H2,1H3. The van der Waals surface area contributed by atoms with Crippen LogP contribution in [0.15, 0.2) is 51.8 Å². The van der Waals surface area contributed by atoms with Gasteiger partial charge in [-0.3, -0.25) is 4.90 Å². The Bertz CT molecular complexity index is 1000. The average molecular weight is 515 g/mol. The number of hydrogen-bond acceptors (Lipinski definition) is 8. The zero-order chi connectivity index (χ0) is 22.8. The van der Waals surface area contributed by atoms with Gasteiger partial charge in [0.05, 0.1) is 23.6 Å². The highest BCUT2D eigenvalue weighted by Gasteiger charge is 2.40. The molecule has 0 aliphatic carbocycles. The Hall–Kier alpha value is -1.53. The molecule has 10 heteroatoms. The monoisotopic (exact) mass is 514 g/mol. The Morgan fingerprint density at radius 1 is 1.06 bits per heavy atom. The number of rotatable bonds is 7. The summed E-state index contributed by atoms with van der Waals surface area (Å²) in [5.74, 6) is 0. The first-order valence-corrected chi connectivity index (χ1v) is 12.5. The minimum absolute atomic E-state index is 0.151. The predicted molar refractivity (Wildman–Crippen MR) is 120 cm³/mol. The van der Waals surface area contributed by atoms with Gasteiger partial charge >= 0.3 is 0 Å². The minimum atomic E-state index is -3.31. The second kappa shape index (κ2) is 9.95. The number of piperidine rings is 1. The van der Waals surface area contributed by atoms with Crippen molar-refractivity contribution in [2.75, 3.05) is 24.7 Å². The van der Waals surface area contributed by atoms with E-state index in [9.17, 15) is 28.8 Å². The number of aliphatic hydroxyl groups excluding tert-OH is 4. The number of nitrogens with one attached hydrogen (secondary N) is 1. The van der Waals surface area contributed by atoms with Crippen LogP contribution in [-0.4, -0.2) is 77.5 Å². The molecule has 4 unspecified atom stereocenters. The van der Waals surface area contributed by atoms with Crippen molar-refractivity contribution in [1.29, 1.82) is 0 Å². The molecule has 0 radical (unpaired) electrons. The van der Waals surface area contributed by atoms with Gasteiger partial charge in [0.25, 0.3) is 0 Å². The molecule has 1 fully saturated rings. The van der Waals surface area contributed by atoms with E-state index in [1.54, 1.807) is 23.1 Å². The molecule has 0 spiro atoms. The number of nitrogens with zero attached hydrogens (tertiary/aromatic N) is 1. The number of likely N-dealkylation sites (tertiary alicyclic amines) is 1. The third-order valence-electron chi connectivity index (χ3n) is 5.42. The van der Waals surface area contributed by atoms with Crippen molar-refractivity contribution in [3.8, 4) is 0 Å². The van der Waals surface area contributed by atoms with E-state index in [0.717, 1.165) is 11.1 Å². The quantitative estimate of drug-likeness (QED) is 0.365. The molecule has 0 bridgehead atoms. The van der Waals surface area contributed by atoms with Crippen LogP contribution in [-0.2, 0) is 22.9 Å². The van der Waals surface area contributed by atoms with E-state index < -0.39 is 34.2 Å². The summed E-state index contributed by atoms with van der Waals surface area (Å²) in [6, 6.07) is 12.0. The molecule has 2 aromatic carbocycles. The van der Waals surface area contributed by atoms with E-state index >= 15 is 0 Å². The van der Waals surface area contributed by atoms with Gasteiger partial charge in [0.1, 0.15) is 12.2 Å². The first kappa shape index (κ1) is 24.1. The van der Waals surface area contributed by atoms with Crippen molar-refractivity contribution in [3.05, 3.63) is 58.1 Å². The van der Waals surface area contributed by atoms with Crippen LogP contribution in [0.2, 0.25) is 0 Å². The molecule has 170 valence electrons. The Morgan fingerprint density at radius 3 is 2.32 bits per heavy atom. The van der Waals surface area contributed by atoms with E-state index in [1.807, 2.05) is 24.3 Å². The molecule has 5 N–H and O–H groups in total. The lowest BCUT2D eigenvalue weighted by Gasteiger charge is -2.43. The smallest absolute Gasteiger partial charge is 0.175 e. The number of aliphatic hydroxyl groups is 4. The number of β-amino-alcohol motifs (C(OH)–C–C–N with tert-alkyl or cyclic N) is 1. The second-order valence-corrected chi connectivity index (χ2v) is 10.8. The maximum absolute atomic E-state index is 11.8. The lowest BCUT2D eigenvalue weighted by atomic mass is 9.93. The van der Waals surface area contributed by atoms with Crippen molar-refractivity contribution >= 4 is 31.5 Å². The van der Waals surface area contributed by atoms with Crippen LogP contribution in [0.1, 0.15) is 11.1 Å². The van der Waals surface area contributed by atoms with Gasteiger partial charge in [-0.15, -0.1) is 0 Å². The van der Waals surface area contributed by atoms with Gasteiger partial charge in [0, 0.05) is 36.1 Å². The number of halogens is 1. The van der Waals surface area contributed by atoms with Crippen LogP contribution in [0.4, 0.5) is 5.69 Å². The SMILES string of the molecule is CS(=O)(=O)c1cc(Br)cc(NCc2ccc(CN3CC(O)C(O)C(O)C3CO)cc2)c1. The predicted octanol–water partition coefficient (Wildman–Crippen LogP) is 0.724. The van der Waals surface area contributed by atoms with Crippen molar-refractivity contribution in [1.82, 2.24) is 4.90 Å². The first-order chi connectivity index (χ1) is 14.6. The Morgan fingerprint density at radius 2 is 1.71 bits per heavy atom. The molecule has 0 aromatic heterocycles. The molecule has 4 atom stereocenters. The van der Waals surface area contributed by atoms with E-state index in [0.29, 0.717) is 23.2 Å². The molecule has 2 aromatic rings. The van der Waals surface area contributed by atoms with Crippen LogP contribution in [0.25, 0.3) is 0 Å². The molecule has 1 heterocycles. The third-order valence-corrected chi connectivity index (χ3v) is 6.97. The van der Waals surface area contributed by atoms with Crippen molar-refractivity contribution < 1.29 is 28.8 Å². The minimum Gasteiger partial charge on any atom is -0.395 e. The topological polar surface area (TPSA) is 130 Å². The van der Waals surface area contributed by atoms with Gasteiger partial charge in [-0.1, -0.05) is 40.2 Å². The first-order valence-electron chi connectivity index (χ1n) is 9.80. The summed E-state index contributed by atoms with van der Waals surface area (Å²) in [5.41, 5.74) is 2.59. The van der Waals surface area contributed by atoms with Gasteiger partial charge in [-0.2, -0.15) is 0 Å². The summed E-state index contributed by atoms with van der Waals surface area (Å²) < 4.78 is 24.3. The zero-order valence-electron chi connectivity index (χ0n) is 17.0. The van der Waals surface area contributed by atoms with Crippen molar-refractivity contribution in [2.24, 2.45) is 0 Å². The summed E-state index contributed by atoms with van der Waals surface area (Å²) >= 11 is 3.33. The van der Waals surface area contributed by atoms with E-state index in [1.165, 1.54) is 6.26 Å². The van der Waals surface area contributed by atoms with Crippen LogP contribution in [0, 0.1) is 0 Å². The van der Waals surface area contributed by atoms with E-state index in [4.69, 9.17) is 0 Å². The second-order valence-electron chi connectivity index (χ2n) is 7.85. The lowest BCUT2D eigenvalue weighted by molar-refractivity contribution is -0.147.